The summed E-state index contributed by atoms with van der Waals surface area (Å²) in [6.45, 7) is 6.92. The number of aromatic amines is 1. The number of carbonyl (C=O) groups is 1. The van der Waals surface area contributed by atoms with E-state index in [9.17, 15) is 30.2 Å². The molecule has 1 amide bonds. The quantitative estimate of drug-likeness (QED) is 0.0860. The number of H-pyrrole nitrogens is 1. The van der Waals surface area contributed by atoms with Crippen molar-refractivity contribution in [1.29, 1.82) is 0 Å². The van der Waals surface area contributed by atoms with Gasteiger partial charge < -0.3 is 44.9 Å². The Labute approximate surface area is 293 Å². The van der Waals surface area contributed by atoms with Crippen molar-refractivity contribution in [2.75, 3.05) is 64.9 Å². The first kappa shape index (κ1) is 37.2. The number of fused-ring (bicyclic) bond motifs is 1. The van der Waals surface area contributed by atoms with Gasteiger partial charge in [0.2, 0.25) is 5.91 Å². The molecule has 12 nitrogen and oxygen atoms in total. The van der Waals surface area contributed by atoms with Crippen molar-refractivity contribution in [3.05, 3.63) is 83.9 Å². The fraction of sp³-hybridized carbons (Fsp3) is 0.405. The Kier molecular flexibility index (Phi) is 12.5. The number of aliphatic hydroxyl groups is 3. The Bertz CT molecular complexity index is 1740. The first-order valence-corrected chi connectivity index (χ1v) is 17.0. The summed E-state index contributed by atoms with van der Waals surface area (Å²) in [6.07, 6.45) is -2.01. The maximum absolute atomic E-state index is 13.0. The summed E-state index contributed by atoms with van der Waals surface area (Å²) >= 11 is 0. The summed E-state index contributed by atoms with van der Waals surface area (Å²) in [4.78, 5) is 27.1. The van der Waals surface area contributed by atoms with E-state index in [4.69, 9.17) is 9.65 Å². The molecule has 4 aromatic rings. The molecule has 0 bridgehead atoms. The Balaban J connectivity index is 1.35. The molecule has 50 heavy (non-hydrogen) atoms. The van der Waals surface area contributed by atoms with Crippen LogP contribution in [0.2, 0.25) is 0 Å². The van der Waals surface area contributed by atoms with Crippen LogP contribution in [0.5, 0.6) is 5.88 Å². The molecule has 0 saturated carbocycles. The zero-order chi connectivity index (χ0) is 35.9. The summed E-state index contributed by atoms with van der Waals surface area (Å²) in [5.74, 6) is -1.07. The van der Waals surface area contributed by atoms with Gasteiger partial charge in [-0.05, 0) is 42.8 Å². The lowest BCUT2D eigenvalue weighted by molar-refractivity contribution is -0.119. The molecule has 1 saturated heterocycles. The van der Waals surface area contributed by atoms with Crippen LogP contribution >= 0.6 is 0 Å². The number of rotatable bonds is 14. The fourth-order valence-electron chi connectivity index (χ4n) is 6.13. The van der Waals surface area contributed by atoms with Gasteiger partial charge in [0, 0.05) is 73.8 Å². The van der Waals surface area contributed by atoms with Crippen LogP contribution in [0, 0.1) is 11.8 Å². The molecule has 1 aliphatic rings. The maximum atomic E-state index is 13.0. The van der Waals surface area contributed by atoms with Crippen LogP contribution in [0.3, 0.4) is 0 Å². The number of benzene rings is 3. The molecule has 1 aliphatic heterocycles. The molecule has 0 spiro atoms. The summed E-state index contributed by atoms with van der Waals surface area (Å²) < 4.78 is 5.66. The molecule has 0 aliphatic carbocycles. The first-order valence-electron chi connectivity index (χ1n) is 17.0. The highest BCUT2D eigenvalue weighted by Crippen LogP contribution is 2.32. The van der Waals surface area contributed by atoms with Crippen LogP contribution in [0.1, 0.15) is 25.0 Å². The smallest absolute Gasteiger partial charge is 0.491 e. The molecule has 6 N–H and O–H groups in total. The number of carbonyl (C=O) groups excluding carboxylic acids is 1. The largest absolute Gasteiger partial charge is 0.494 e. The Morgan fingerprint density at radius 2 is 1.70 bits per heavy atom. The average Bonchev–Trinajstić information content (AvgIpc) is 3.47. The number of nitrogens with zero attached hydrogens (tertiary/aromatic N) is 4. The van der Waals surface area contributed by atoms with Crippen molar-refractivity contribution in [2.45, 2.75) is 26.1 Å². The number of anilines is 1. The minimum atomic E-state index is -1.31. The van der Waals surface area contributed by atoms with E-state index in [2.05, 4.69) is 21.8 Å². The summed E-state index contributed by atoms with van der Waals surface area (Å²) in [7, 11) is 2.56. The number of aliphatic hydroxyl groups excluding tert-OH is 3. The van der Waals surface area contributed by atoms with Crippen molar-refractivity contribution < 1.29 is 34.9 Å². The average molecular weight is 686 g/mol. The molecule has 1 fully saturated rings. The predicted molar refractivity (Wildman–Crippen MR) is 196 cm³/mol. The van der Waals surface area contributed by atoms with E-state index in [0.717, 1.165) is 37.4 Å². The molecule has 0 radical (unpaired) electrons. The van der Waals surface area contributed by atoms with Gasteiger partial charge in [-0.1, -0.05) is 56.3 Å². The van der Waals surface area contributed by atoms with E-state index in [1.807, 2.05) is 54.6 Å². The molecule has 1 aromatic heterocycles. The van der Waals surface area contributed by atoms with Gasteiger partial charge in [0.1, 0.15) is 0 Å². The molecule has 2 unspecified atom stereocenters. The topological polar surface area (TPSA) is 165 Å². The van der Waals surface area contributed by atoms with Gasteiger partial charge >= 0.3 is 7.12 Å². The van der Waals surface area contributed by atoms with Crippen LogP contribution in [-0.2, 0) is 9.45 Å². The highest BCUT2D eigenvalue weighted by atomic mass is 16.5. The summed E-state index contributed by atoms with van der Waals surface area (Å²) in [5.41, 5.74) is 4.21. The zero-order valence-electron chi connectivity index (χ0n) is 29.1. The molecule has 266 valence electrons. The fourth-order valence-corrected chi connectivity index (χ4v) is 6.13. The van der Waals surface area contributed by atoms with Crippen LogP contribution in [0.15, 0.2) is 77.8 Å². The van der Waals surface area contributed by atoms with E-state index in [-0.39, 0.29) is 18.4 Å². The van der Waals surface area contributed by atoms with Gasteiger partial charge in [0.15, 0.2) is 5.88 Å². The van der Waals surface area contributed by atoms with E-state index < -0.39 is 37.8 Å². The first-order chi connectivity index (χ1) is 24.0. The monoisotopic (exact) mass is 685 g/mol. The summed E-state index contributed by atoms with van der Waals surface area (Å²) in [6, 6.07) is 22.1. The predicted octanol–water partition coefficient (Wildman–Crippen LogP) is 1.94. The number of nitrogens with one attached hydrogen (secondary N) is 1. The SMILES string of the molecule is CC(COB(O)c1ccc2c(C(=Nc3ccc(N(C)C(=O)CN4CCN(C)CC4)cc3)c3ccccc3)c(O)[nH]c2c1)[C@@H](O)C(C)[C@H](O)CO. The van der Waals surface area contributed by atoms with E-state index in [1.165, 1.54) is 0 Å². The van der Waals surface area contributed by atoms with Crippen LogP contribution in [0.4, 0.5) is 11.4 Å². The van der Waals surface area contributed by atoms with Gasteiger partial charge in [0.05, 0.1) is 42.3 Å². The highest BCUT2D eigenvalue weighted by Gasteiger charge is 2.29. The number of hydrogen-bond donors (Lipinski definition) is 6. The minimum absolute atomic E-state index is 0.00784. The Morgan fingerprint density at radius 1 is 1.02 bits per heavy atom. The standard InChI is InChI=1S/C37H48BN5O7/c1-24(36(47)25(2)32(45)22-44)23-50-38(49)27-10-15-30-31(20-27)40-37(48)34(30)35(26-8-6-5-7-9-26)39-28-11-13-29(14-12-28)42(4)33(46)21-43-18-16-41(3)17-19-43/h5-15,20,24-25,32,36,40,44-45,47-49H,16-19,21-23H2,1-4H3/t24?,25?,32-,36-/m1/s1. The molecule has 2 heterocycles. The lowest BCUT2D eigenvalue weighted by Gasteiger charge is -2.32. The van der Waals surface area contributed by atoms with E-state index >= 15 is 0 Å². The van der Waals surface area contributed by atoms with Gasteiger partial charge in [-0.25, -0.2) is 4.99 Å². The summed E-state index contributed by atoms with van der Waals surface area (Å²) in [5, 5.41) is 52.3. The number of aromatic nitrogens is 1. The lowest BCUT2D eigenvalue weighted by Crippen LogP contribution is -2.48. The zero-order valence-corrected chi connectivity index (χ0v) is 29.1. The highest BCUT2D eigenvalue weighted by molar-refractivity contribution is 6.60. The van der Waals surface area contributed by atoms with Crippen molar-refractivity contribution in [2.24, 2.45) is 16.8 Å². The minimum Gasteiger partial charge on any atom is -0.494 e. The maximum Gasteiger partial charge on any atom is 0.491 e. The van der Waals surface area contributed by atoms with Gasteiger partial charge in [-0.2, -0.15) is 0 Å². The lowest BCUT2D eigenvalue weighted by atomic mass is 9.78. The van der Waals surface area contributed by atoms with Crippen LogP contribution in [0.25, 0.3) is 10.9 Å². The third-order valence-electron chi connectivity index (χ3n) is 9.61. The molecule has 5 rings (SSSR count). The molecule has 3 aromatic carbocycles. The number of likely N-dealkylation sites (N-methyl/N-ethyl adjacent to an activating group) is 2. The van der Waals surface area contributed by atoms with Crippen molar-refractivity contribution in [1.82, 2.24) is 14.8 Å². The van der Waals surface area contributed by atoms with Crippen LogP contribution < -0.4 is 10.4 Å². The number of amides is 1. The number of aromatic hydroxyl groups is 1. The van der Waals surface area contributed by atoms with Gasteiger partial charge in [0.25, 0.3) is 0 Å². The van der Waals surface area contributed by atoms with E-state index in [1.54, 1.807) is 44.0 Å². The third kappa shape index (κ3) is 8.80. The molecule has 13 heteroatoms. The van der Waals surface area contributed by atoms with Crippen molar-refractivity contribution >= 4 is 46.5 Å². The van der Waals surface area contributed by atoms with E-state index in [0.29, 0.717) is 39.9 Å². The van der Waals surface area contributed by atoms with Crippen LogP contribution in [-0.4, -0.2) is 131 Å². The second-order valence-electron chi connectivity index (χ2n) is 13.3. The second-order valence-corrected chi connectivity index (χ2v) is 13.3. The number of hydrogen-bond acceptors (Lipinski definition) is 10. The molecule has 4 atom stereocenters. The molecular weight excluding hydrogens is 637 g/mol. The third-order valence-corrected chi connectivity index (χ3v) is 9.61. The van der Waals surface area contributed by atoms with Crippen molar-refractivity contribution in [3.63, 3.8) is 0 Å². The van der Waals surface area contributed by atoms with Gasteiger partial charge in [-0.15, -0.1) is 0 Å². The second kappa shape index (κ2) is 16.8. The normalized spacial score (nSPS) is 17.0. The number of aliphatic imine (C=N–C) groups is 1. The van der Waals surface area contributed by atoms with Crippen molar-refractivity contribution in [3.8, 4) is 5.88 Å². The Hall–Kier alpha value is -4.08. The Morgan fingerprint density at radius 3 is 2.36 bits per heavy atom. The number of piperazine rings is 1. The molecular formula is C37H48BN5O7. The van der Waals surface area contributed by atoms with Gasteiger partial charge in [-0.3, -0.25) is 9.69 Å².